The molecule has 2 aromatic rings. The van der Waals surface area contributed by atoms with Gasteiger partial charge in [-0.15, -0.1) is 0 Å². The Labute approximate surface area is 251 Å². The number of hydrogen-bond acceptors (Lipinski definition) is 14. The smallest absolute Gasteiger partial charge is 0.303 e. The highest BCUT2D eigenvalue weighted by molar-refractivity contribution is 5.92. The average Bonchev–Trinajstić information content (AvgIpc) is 2.91. The number of carbonyl (C=O) groups is 6. The van der Waals surface area contributed by atoms with E-state index in [2.05, 4.69) is 10.1 Å². The number of carbonyl (C=O) groups excluding carboxylic acids is 6. The topological polar surface area (TPSA) is 199 Å². The lowest BCUT2D eigenvalue weighted by Gasteiger charge is -2.34. The fourth-order valence-electron chi connectivity index (χ4n) is 4.05. The number of esters is 5. The molecule has 0 aliphatic heterocycles. The fraction of sp³-hybridized carbons (Fsp3) is 0.464. The highest BCUT2D eigenvalue weighted by atomic mass is 16.6. The Morgan fingerprint density at radius 1 is 0.841 bits per heavy atom. The van der Waals surface area contributed by atoms with Crippen molar-refractivity contribution in [1.29, 1.82) is 0 Å². The van der Waals surface area contributed by atoms with E-state index >= 15 is 0 Å². The second kappa shape index (κ2) is 15.9. The highest BCUT2D eigenvalue weighted by Gasteiger charge is 2.43. The van der Waals surface area contributed by atoms with Gasteiger partial charge < -0.3 is 23.7 Å². The number of anilines is 1. The molecule has 0 fully saturated rings. The van der Waals surface area contributed by atoms with Crippen LogP contribution >= 0.6 is 0 Å². The van der Waals surface area contributed by atoms with Gasteiger partial charge in [-0.1, -0.05) is 12.1 Å². The van der Waals surface area contributed by atoms with Crippen LogP contribution < -0.4 is 10.6 Å². The molecule has 0 saturated heterocycles. The first-order valence-electron chi connectivity index (χ1n) is 13.3. The van der Waals surface area contributed by atoms with Crippen molar-refractivity contribution in [1.82, 2.24) is 9.55 Å². The molecule has 1 amide bonds. The third-order valence-electron chi connectivity index (χ3n) is 5.66. The summed E-state index contributed by atoms with van der Waals surface area (Å²) >= 11 is 0. The number of benzene rings is 1. The summed E-state index contributed by atoms with van der Waals surface area (Å²) in [5, 5.41) is 5.19. The summed E-state index contributed by atoms with van der Waals surface area (Å²) in [4.78, 5) is 90.3. The number of nitrogens with zero attached hydrogens (tertiary/aromatic N) is 4. The van der Waals surface area contributed by atoms with Crippen molar-refractivity contribution in [3.8, 4) is 0 Å². The average molecular weight is 619 g/mol. The first-order chi connectivity index (χ1) is 20.7. The van der Waals surface area contributed by atoms with Crippen LogP contribution in [0.15, 0.2) is 34.2 Å². The van der Waals surface area contributed by atoms with Gasteiger partial charge in [0.15, 0.2) is 24.4 Å². The van der Waals surface area contributed by atoms with Crippen molar-refractivity contribution in [2.24, 2.45) is 5.10 Å². The van der Waals surface area contributed by atoms with E-state index in [1.807, 2.05) is 0 Å². The highest BCUT2D eigenvalue weighted by Crippen LogP contribution is 2.21. The van der Waals surface area contributed by atoms with Crippen molar-refractivity contribution in [2.45, 2.75) is 79.4 Å². The largest absolute Gasteiger partial charge is 0.462 e. The van der Waals surface area contributed by atoms with E-state index in [0.29, 0.717) is 5.39 Å². The maximum atomic E-state index is 13.2. The lowest BCUT2D eigenvalue weighted by Crippen LogP contribution is -2.53. The van der Waals surface area contributed by atoms with Gasteiger partial charge in [-0.2, -0.15) is 10.1 Å². The summed E-state index contributed by atoms with van der Waals surface area (Å²) in [6.07, 6.45) is -5.82. The number of aromatic nitrogens is 2. The summed E-state index contributed by atoms with van der Waals surface area (Å²) in [5.74, 6) is -5.30. The van der Waals surface area contributed by atoms with Crippen LogP contribution in [0.4, 0.5) is 5.95 Å². The maximum Gasteiger partial charge on any atom is 0.303 e. The van der Waals surface area contributed by atoms with Gasteiger partial charge in [0, 0.05) is 48.1 Å². The summed E-state index contributed by atoms with van der Waals surface area (Å²) in [6.45, 7) is 7.41. The summed E-state index contributed by atoms with van der Waals surface area (Å²) in [7, 11) is 0. The molecule has 0 spiro atoms. The molecule has 0 radical (unpaired) electrons. The Bertz CT molecular complexity index is 1500. The Balaban J connectivity index is 2.74. The molecule has 0 aliphatic carbocycles. The summed E-state index contributed by atoms with van der Waals surface area (Å²) in [5.41, 5.74) is -0.175. The predicted octanol–water partition coefficient (Wildman–Crippen LogP) is 1.05. The second-order valence-electron chi connectivity index (χ2n) is 9.25. The Morgan fingerprint density at radius 2 is 1.41 bits per heavy atom. The lowest BCUT2D eigenvalue weighted by atomic mass is 10.0. The number of ether oxygens (including phenoxy) is 5. The van der Waals surface area contributed by atoms with Crippen molar-refractivity contribution < 1.29 is 52.5 Å². The first kappa shape index (κ1) is 35.0. The van der Waals surface area contributed by atoms with E-state index in [1.165, 1.54) is 4.57 Å². The van der Waals surface area contributed by atoms with Crippen LogP contribution in [0.2, 0.25) is 0 Å². The second-order valence-corrected chi connectivity index (χ2v) is 9.25. The molecule has 0 unspecified atom stereocenters. The number of hydrogen-bond donors (Lipinski definition) is 0. The number of hydrazone groups is 1. The number of rotatable bonds is 13. The number of para-hydroxylation sites is 1. The van der Waals surface area contributed by atoms with Crippen LogP contribution in [0.25, 0.3) is 10.9 Å². The Kier molecular flexibility index (Phi) is 12.7. The van der Waals surface area contributed by atoms with Gasteiger partial charge in [-0.05, 0) is 19.1 Å². The SMILES string of the molecule is CCn1c(N(/N=C/[C@H](OC(C)=O)[C@@H](OC(C)=O)[C@H](OC(C)=O)[C@@H](COC(C)=O)OC(C)=O)C(C)=O)nc2ccccc2c1=O. The van der Waals surface area contributed by atoms with E-state index in [-0.39, 0.29) is 18.0 Å². The van der Waals surface area contributed by atoms with Crippen molar-refractivity contribution in [2.75, 3.05) is 11.6 Å². The Hall–Kier alpha value is -5.15. The van der Waals surface area contributed by atoms with E-state index in [4.69, 9.17) is 23.7 Å². The van der Waals surface area contributed by atoms with E-state index in [9.17, 15) is 33.6 Å². The molecule has 0 saturated carbocycles. The first-order valence-corrected chi connectivity index (χ1v) is 13.3. The fourth-order valence-corrected chi connectivity index (χ4v) is 4.05. The van der Waals surface area contributed by atoms with Crippen LogP contribution in [0, 0.1) is 0 Å². The minimum absolute atomic E-state index is 0.101. The number of fused-ring (bicyclic) bond motifs is 1. The van der Waals surface area contributed by atoms with Gasteiger partial charge in [0.2, 0.25) is 11.9 Å². The molecule has 2 rings (SSSR count). The van der Waals surface area contributed by atoms with E-state index in [1.54, 1.807) is 31.2 Å². The van der Waals surface area contributed by atoms with Crippen molar-refractivity contribution in [3.63, 3.8) is 0 Å². The normalized spacial score (nSPS) is 13.7. The molecule has 16 heteroatoms. The van der Waals surface area contributed by atoms with Gasteiger partial charge in [0.25, 0.3) is 5.56 Å². The molecule has 0 bridgehead atoms. The van der Waals surface area contributed by atoms with Crippen molar-refractivity contribution >= 4 is 58.8 Å². The molecule has 16 nitrogen and oxygen atoms in total. The molecular formula is C28H34N4O12. The van der Waals surface area contributed by atoms with Crippen LogP contribution in [-0.4, -0.2) is 82.5 Å². The van der Waals surface area contributed by atoms with Crippen LogP contribution in [0.3, 0.4) is 0 Å². The predicted molar refractivity (Wildman–Crippen MR) is 152 cm³/mol. The summed E-state index contributed by atoms with van der Waals surface area (Å²) < 4.78 is 27.4. The maximum absolute atomic E-state index is 13.2. The third kappa shape index (κ3) is 9.71. The minimum atomic E-state index is -1.75. The summed E-state index contributed by atoms with van der Waals surface area (Å²) in [6, 6.07) is 6.46. The Morgan fingerprint density at radius 3 is 1.93 bits per heavy atom. The van der Waals surface area contributed by atoms with E-state index < -0.39 is 72.3 Å². The minimum Gasteiger partial charge on any atom is -0.462 e. The van der Waals surface area contributed by atoms with E-state index in [0.717, 1.165) is 52.8 Å². The van der Waals surface area contributed by atoms with Gasteiger partial charge in [0.05, 0.1) is 17.1 Å². The number of amides is 1. The quantitative estimate of drug-likeness (QED) is 0.134. The molecule has 0 aliphatic rings. The van der Waals surface area contributed by atoms with Crippen LogP contribution in [0.1, 0.15) is 48.5 Å². The van der Waals surface area contributed by atoms with Crippen LogP contribution in [0.5, 0.6) is 0 Å². The molecule has 4 atom stereocenters. The monoisotopic (exact) mass is 618 g/mol. The standard InChI is InChI=1S/C28H34N4O12/c1-8-31-27(39)21-11-9-10-12-22(21)30-28(31)32(15(2)33)29-13-23(41-17(4)35)25(43-19(6)37)26(44-20(7)38)24(42-18(5)36)14-40-16(3)34/h9-13,23-26H,8,14H2,1-7H3/b29-13+/t23-,24+,25+,26+/m0/s1. The zero-order chi connectivity index (χ0) is 33.1. The van der Waals surface area contributed by atoms with Crippen molar-refractivity contribution in [3.05, 3.63) is 34.6 Å². The zero-order valence-electron chi connectivity index (χ0n) is 25.3. The van der Waals surface area contributed by atoms with Gasteiger partial charge in [0.1, 0.15) is 6.61 Å². The molecule has 238 valence electrons. The molecule has 0 N–H and O–H groups in total. The van der Waals surface area contributed by atoms with Gasteiger partial charge in [-0.25, -0.2) is 4.98 Å². The molecule has 1 aromatic carbocycles. The van der Waals surface area contributed by atoms with Crippen LogP contribution in [-0.2, 0) is 59.0 Å². The zero-order valence-corrected chi connectivity index (χ0v) is 25.3. The third-order valence-corrected chi connectivity index (χ3v) is 5.66. The lowest BCUT2D eigenvalue weighted by molar-refractivity contribution is -0.197. The van der Waals surface area contributed by atoms with Gasteiger partial charge >= 0.3 is 29.8 Å². The molecular weight excluding hydrogens is 584 g/mol. The molecule has 1 aromatic heterocycles. The molecule has 44 heavy (non-hydrogen) atoms. The van der Waals surface area contributed by atoms with Gasteiger partial charge in [-0.3, -0.25) is 38.1 Å². The molecule has 1 heterocycles.